The normalized spacial score (nSPS) is 23.7. The molecule has 6 aliphatic rings. The van der Waals surface area contributed by atoms with E-state index in [1.807, 2.05) is 12.1 Å². The summed E-state index contributed by atoms with van der Waals surface area (Å²) in [4.78, 5) is 104. The molecular formula is C39H44N6O9. The molecule has 54 heavy (non-hydrogen) atoms. The molecule has 8 rings (SSSR count). The number of aliphatic hydroxyl groups is 1. The van der Waals surface area contributed by atoms with E-state index in [1.165, 1.54) is 6.42 Å². The third kappa shape index (κ3) is 6.88. The Hall–Kier alpha value is -5.44. The van der Waals surface area contributed by atoms with Gasteiger partial charge >= 0.3 is 0 Å². The van der Waals surface area contributed by atoms with Gasteiger partial charge in [0.05, 0.1) is 22.3 Å². The quantitative estimate of drug-likeness (QED) is 0.367. The Balaban J connectivity index is 0.000000167. The molecule has 0 spiro atoms. The van der Waals surface area contributed by atoms with Crippen LogP contribution in [0.15, 0.2) is 36.4 Å². The molecule has 2 atom stereocenters. The molecule has 0 aliphatic carbocycles. The van der Waals surface area contributed by atoms with E-state index in [0.29, 0.717) is 28.2 Å². The number of hydrogen-bond donors (Lipinski definition) is 3. The Bertz CT molecular complexity index is 1790. The number of nitrogens with zero attached hydrogens (tertiary/aromatic N) is 4. The molecule has 0 bridgehead atoms. The lowest BCUT2D eigenvalue weighted by atomic mass is 9.94. The fraction of sp³-hybridized carbons (Fsp3) is 0.487. The molecule has 284 valence electrons. The average Bonchev–Trinajstić information content (AvgIpc) is 3.58. The maximum absolute atomic E-state index is 12.9. The highest BCUT2D eigenvalue weighted by Gasteiger charge is 2.46. The van der Waals surface area contributed by atoms with Gasteiger partial charge in [-0.2, -0.15) is 0 Å². The van der Waals surface area contributed by atoms with Crippen LogP contribution in [-0.4, -0.2) is 107 Å². The molecule has 15 heteroatoms. The number of aliphatic hydroxyl groups excluding tert-OH is 1. The minimum Gasteiger partial charge on any atom is -0.396 e. The largest absolute Gasteiger partial charge is 0.396 e. The van der Waals surface area contributed by atoms with Crippen LogP contribution in [0.25, 0.3) is 0 Å². The lowest BCUT2D eigenvalue weighted by molar-refractivity contribution is -0.137. The minimum atomic E-state index is -0.946. The first kappa shape index (κ1) is 36.9. The molecule has 6 aliphatic heterocycles. The number of hydrogen-bond acceptors (Lipinski definition) is 11. The molecule has 8 amide bonds. The van der Waals surface area contributed by atoms with Crippen molar-refractivity contribution in [3.63, 3.8) is 0 Å². The molecule has 4 saturated heterocycles. The molecule has 6 heterocycles. The topological polar surface area (TPSA) is 194 Å². The fourth-order valence-electron chi connectivity index (χ4n) is 8.28. The Morgan fingerprint density at radius 1 is 0.556 bits per heavy atom. The first-order chi connectivity index (χ1) is 26.0. The molecule has 2 unspecified atom stereocenters. The van der Waals surface area contributed by atoms with Crippen molar-refractivity contribution in [2.75, 3.05) is 42.6 Å². The van der Waals surface area contributed by atoms with Crippen molar-refractivity contribution in [2.24, 2.45) is 11.8 Å². The Kier molecular flexibility index (Phi) is 10.3. The van der Waals surface area contributed by atoms with E-state index in [9.17, 15) is 43.5 Å². The molecular weight excluding hydrogens is 696 g/mol. The number of piperidine rings is 4. The van der Waals surface area contributed by atoms with E-state index in [0.717, 1.165) is 79.0 Å². The van der Waals surface area contributed by atoms with Gasteiger partial charge in [-0.1, -0.05) is 13.3 Å². The molecule has 4 fully saturated rings. The predicted octanol–water partition coefficient (Wildman–Crippen LogP) is 2.01. The van der Waals surface area contributed by atoms with Crippen LogP contribution in [0.4, 0.5) is 11.4 Å². The van der Waals surface area contributed by atoms with Crippen molar-refractivity contribution in [3.05, 3.63) is 58.7 Å². The molecule has 15 nitrogen and oxygen atoms in total. The second-order valence-electron chi connectivity index (χ2n) is 14.8. The average molecular weight is 741 g/mol. The van der Waals surface area contributed by atoms with Gasteiger partial charge in [-0.3, -0.25) is 58.8 Å². The highest BCUT2D eigenvalue weighted by atomic mass is 16.3. The third-order valence-electron chi connectivity index (χ3n) is 11.6. The lowest BCUT2D eigenvalue weighted by Gasteiger charge is -2.33. The monoisotopic (exact) mass is 740 g/mol. The van der Waals surface area contributed by atoms with Crippen LogP contribution in [0.2, 0.25) is 0 Å². The SMILES string of the molecule is CCC1CCN(c2ccc3c(c2)C(=O)N(C2CCC(=O)NC2=O)C3=O)CC1.O=C1CCC(N2C(=O)c3ccc(N4CCC(CO)CC4)cc3C2=O)C(=O)N1. The first-order valence-electron chi connectivity index (χ1n) is 18.8. The van der Waals surface area contributed by atoms with Gasteiger partial charge in [0, 0.05) is 57.0 Å². The summed E-state index contributed by atoms with van der Waals surface area (Å²) < 4.78 is 0. The van der Waals surface area contributed by atoms with Crippen molar-refractivity contribution in [2.45, 2.75) is 76.8 Å². The highest BCUT2D eigenvalue weighted by molar-refractivity contribution is 6.24. The van der Waals surface area contributed by atoms with Crippen molar-refractivity contribution in [1.82, 2.24) is 20.4 Å². The summed E-state index contributed by atoms with van der Waals surface area (Å²) in [5, 5.41) is 13.7. The van der Waals surface area contributed by atoms with Gasteiger partial charge in [-0.15, -0.1) is 0 Å². The number of benzene rings is 2. The summed E-state index contributed by atoms with van der Waals surface area (Å²) in [5.41, 5.74) is 3.06. The number of carbonyl (C=O) groups is 8. The van der Waals surface area contributed by atoms with Crippen LogP contribution in [0, 0.1) is 11.8 Å². The molecule has 0 aromatic heterocycles. The number of rotatable bonds is 6. The van der Waals surface area contributed by atoms with Crippen molar-refractivity contribution in [3.8, 4) is 0 Å². The van der Waals surface area contributed by atoms with E-state index in [1.54, 1.807) is 24.3 Å². The van der Waals surface area contributed by atoms with Crippen LogP contribution in [0.1, 0.15) is 106 Å². The van der Waals surface area contributed by atoms with Gasteiger partial charge < -0.3 is 14.9 Å². The molecule has 2 aromatic carbocycles. The number of fused-ring (bicyclic) bond motifs is 2. The van der Waals surface area contributed by atoms with Crippen molar-refractivity contribution < 1.29 is 43.5 Å². The summed E-state index contributed by atoms with van der Waals surface area (Å²) in [6.07, 6.45) is 5.75. The standard InChI is InChI=1S/C20H23N3O4.C19H21N3O5/c1-2-12-7-9-22(10-8-12)13-3-4-14-15(11-13)20(27)23(19(14)26)16-5-6-17(24)21-18(16)25;23-10-11-5-7-21(8-6-11)12-1-2-13-14(9-12)19(27)22(18(13)26)15-3-4-16(24)20-17(15)25/h3-4,11-12,16H,2,5-10H2,1H3,(H,21,24,25);1-2,9,11,15,23H,3-8,10H2,(H,20,24,25). The number of imide groups is 4. The minimum absolute atomic E-state index is 0.106. The highest BCUT2D eigenvalue weighted by Crippen LogP contribution is 2.34. The van der Waals surface area contributed by atoms with E-state index in [-0.39, 0.29) is 44.1 Å². The number of nitrogens with one attached hydrogen (secondary N) is 2. The summed E-state index contributed by atoms with van der Waals surface area (Å²) in [6, 6.07) is 8.63. The maximum Gasteiger partial charge on any atom is 0.262 e. The Morgan fingerprint density at radius 2 is 0.944 bits per heavy atom. The summed E-state index contributed by atoms with van der Waals surface area (Å²) in [7, 11) is 0. The summed E-state index contributed by atoms with van der Waals surface area (Å²) in [6.45, 7) is 5.84. The van der Waals surface area contributed by atoms with Gasteiger partial charge in [0.15, 0.2) is 0 Å². The zero-order valence-corrected chi connectivity index (χ0v) is 30.2. The molecule has 3 N–H and O–H groups in total. The first-order valence-corrected chi connectivity index (χ1v) is 18.8. The predicted molar refractivity (Wildman–Crippen MR) is 193 cm³/mol. The van der Waals surface area contributed by atoms with Crippen LogP contribution in [0.3, 0.4) is 0 Å². The molecule has 0 saturated carbocycles. The maximum atomic E-state index is 12.9. The van der Waals surface area contributed by atoms with Gasteiger partial charge in [-0.05, 0) is 86.8 Å². The summed E-state index contributed by atoms with van der Waals surface area (Å²) in [5.74, 6) is -2.77. The second-order valence-corrected chi connectivity index (χ2v) is 14.8. The van der Waals surface area contributed by atoms with E-state index in [2.05, 4.69) is 27.4 Å². The second kappa shape index (κ2) is 15.1. The Labute approximate surface area is 312 Å². The smallest absolute Gasteiger partial charge is 0.262 e. The molecule has 0 radical (unpaired) electrons. The third-order valence-corrected chi connectivity index (χ3v) is 11.6. The molecule has 2 aromatic rings. The van der Waals surface area contributed by atoms with E-state index in [4.69, 9.17) is 0 Å². The summed E-state index contributed by atoms with van der Waals surface area (Å²) >= 11 is 0. The van der Waals surface area contributed by atoms with Crippen LogP contribution in [-0.2, 0) is 19.2 Å². The zero-order chi connectivity index (χ0) is 38.3. The van der Waals surface area contributed by atoms with Gasteiger partial charge in [0.25, 0.3) is 23.6 Å². The number of carbonyl (C=O) groups excluding carboxylic acids is 8. The van der Waals surface area contributed by atoms with Crippen molar-refractivity contribution >= 4 is 58.6 Å². The van der Waals surface area contributed by atoms with Crippen LogP contribution < -0.4 is 20.4 Å². The van der Waals surface area contributed by atoms with Crippen LogP contribution in [0.5, 0.6) is 0 Å². The lowest BCUT2D eigenvalue weighted by Crippen LogP contribution is -2.54. The Morgan fingerprint density at radius 3 is 1.31 bits per heavy atom. The zero-order valence-electron chi connectivity index (χ0n) is 30.2. The van der Waals surface area contributed by atoms with Crippen molar-refractivity contribution in [1.29, 1.82) is 0 Å². The van der Waals surface area contributed by atoms with Crippen LogP contribution >= 0.6 is 0 Å². The fourth-order valence-corrected chi connectivity index (χ4v) is 8.28. The van der Waals surface area contributed by atoms with Gasteiger partial charge in [0.1, 0.15) is 12.1 Å². The van der Waals surface area contributed by atoms with Gasteiger partial charge in [0.2, 0.25) is 23.6 Å². The van der Waals surface area contributed by atoms with E-state index < -0.39 is 47.5 Å². The van der Waals surface area contributed by atoms with Gasteiger partial charge in [-0.25, -0.2) is 0 Å². The number of anilines is 2. The number of amides is 8. The van der Waals surface area contributed by atoms with E-state index >= 15 is 0 Å².